The van der Waals surface area contributed by atoms with Crippen LogP contribution in [0, 0.1) is 0 Å². The number of hydrogen-bond acceptors (Lipinski definition) is 1. The van der Waals surface area contributed by atoms with Crippen molar-refractivity contribution in [3.63, 3.8) is 0 Å². The number of fused-ring (bicyclic) bond motifs is 1. The third-order valence-electron chi connectivity index (χ3n) is 3.07. The molecule has 16 heavy (non-hydrogen) atoms. The van der Waals surface area contributed by atoms with Gasteiger partial charge in [-0.15, -0.1) is 0 Å². The van der Waals surface area contributed by atoms with Crippen LogP contribution in [0.3, 0.4) is 0 Å². The normalized spacial score (nSPS) is 10.8. The lowest BCUT2D eigenvalue weighted by Crippen LogP contribution is -1.88. The van der Waals surface area contributed by atoms with Crippen molar-refractivity contribution in [2.75, 3.05) is 0 Å². The fourth-order valence-corrected chi connectivity index (χ4v) is 2.14. The molecule has 0 radical (unpaired) electrons. The van der Waals surface area contributed by atoms with Gasteiger partial charge in [-0.1, -0.05) is 44.4 Å². The van der Waals surface area contributed by atoms with Crippen LogP contribution >= 0.6 is 0 Å². The number of rotatable bonds is 5. The zero-order valence-corrected chi connectivity index (χ0v) is 9.95. The van der Waals surface area contributed by atoms with E-state index in [1.165, 1.54) is 48.4 Å². The highest BCUT2D eigenvalue weighted by molar-refractivity contribution is 5.84. The summed E-state index contributed by atoms with van der Waals surface area (Å²) in [5.74, 6) is 0. The maximum absolute atomic E-state index is 4.22. The van der Waals surface area contributed by atoms with Crippen LogP contribution in [0.15, 0.2) is 36.7 Å². The van der Waals surface area contributed by atoms with Gasteiger partial charge in [0.25, 0.3) is 0 Å². The zero-order chi connectivity index (χ0) is 11.2. The maximum atomic E-state index is 4.22. The highest BCUT2D eigenvalue weighted by Crippen LogP contribution is 2.19. The molecule has 1 heterocycles. The van der Waals surface area contributed by atoms with Gasteiger partial charge in [-0.25, -0.2) is 0 Å². The van der Waals surface area contributed by atoms with E-state index < -0.39 is 0 Å². The van der Waals surface area contributed by atoms with Gasteiger partial charge in [0.05, 0.1) is 0 Å². The summed E-state index contributed by atoms with van der Waals surface area (Å²) in [7, 11) is 0. The maximum Gasteiger partial charge on any atom is 0.0349 e. The Labute approximate surface area is 97.5 Å². The largest absolute Gasteiger partial charge is 0.264 e. The molecular weight excluding hydrogens is 194 g/mol. The van der Waals surface area contributed by atoms with Crippen molar-refractivity contribution in [3.8, 4) is 0 Å². The van der Waals surface area contributed by atoms with Gasteiger partial charge in [-0.2, -0.15) is 0 Å². The number of hydrogen-bond donors (Lipinski definition) is 0. The van der Waals surface area contributed by atoms with Crippen molar-refractivity contribution in [3.05, 3.63) is 42.2 Å². The van der Waals surface area contributed by atoms with E-state index in [0.29, 0.717) is 0 Å². The van der Waals surface area contributed by atoms with E-state index in [1.807, 2.05) is 12.4 Å². The van der Waals surface area contributed by atoms with Gasteiger partial charge in [0.15, 0.2) is 0 Å². The SMILES string of the molecule is CCCCCCc1cccc2ccncc12. The van der Waals surface area contributed by atoms with Crippen molar-refractivity contribution >= 4 is 10.8 Å². The van der Waals surface area contributed by atoms with E-state index in [9.17, 15) is 0 Å². The highest BCUT2D eigenvalue weighted by atomic mass is 14.6. The predicted octanol–water partition coefficient (Wildman–Crippen LogP) is 4.36. The molecule has 0 amide bonds. The number of pyridine rings is 1. The van der Waals surface area contributed by atoms with Gasteiger partial charge in [-0.05, 0) is 29.9 Å². The number of aryl methyl sites for hydroxylation is 1. The molecule has 0 fully saturated rings. The Morgan fingerprint density at radius 2 is 2.00 bits per heavy atom. The Balaban J connectivity index is 2.11. The van der Waals surface area contributed by atoms with E-state index >= 15 is 0 Å². The van der Waals surface area contributed by atoms with Crippen molar-refractivity contribution in [2.24, 2.45) is 0 Å². The molecule has 2 rings (SSSR count). The second kappa shape index (κ2) is 5.64. The van der Waals surface area contributed by atoms with E-state index in [0.717, 1.165) is 0 Å². The van der Waals surface area contributed by atoms with Gasteiger partial charge >= 0.3 is 0 Å². The first-order valence-corrected chi connectivity index (χ1v) is 6.23. The highest BCUT2D eigenvalue weighted by Gasteiger charge is 2.00. The van der Waals surface area contributed by atoms with E-state index in [2.05, 4.69) is 36.2 Å². The fraction of sp³-hybridized carbons (Fsp3) is 0.400. The Bertz CT molecular complexity index is 443. The molecule has 0 unspecified atom stereocenters. The van der Waals surface area contributed by atoms with Crippen LogP contribution < -0.4 is 0 Å². The average molecular weight is 213 g/mol. The number of unbranched alkanes of at least 4 members (excludes halogenated alkanes) is 3. The summed E-state index contributed by atoms with van der Waals surface area (Å²) in [6.07, 6.45) is 10.3. The second-order valence-corrected chi connectivity index (χ2v) is 4.32. The summed E-state index contributed by atoms with van der Waals surface area (Å²) < 4.78 is 0. The molecule has 84 valence electrons. The molecule has 0 N–H and O–H groups in total. The lowest BCUT2D eigenvalue weighted by atomic mass is 10.0. The minimum atomic E-state index is 1.18. The first-order chi connectivity index (χ1) is 7.92. The second-order valence-electron chi connectivity index (χ2n) is 4.32. The van der Waals surface area contributed by atoms with Gasteiger partial charge < -0.3 is 0 Å². The Kier molecular flexibility index (Phi) is 3.92. The summed E-state index contributed by atoms with van der Waals surface area (Å²) >= 11 is 0. The van der Waals surface area contributed by atoms with Crippen LogP contribution in [-0.4, -0.2) is 4.98 Å². The van der Waals surface area contributed by atoms with Crippen molar-refractivity contribution in [1.82, 2.24) is 4.98 Å². The predicted molar refractivity (Wildman–Crippen MR) is 69.6 cm³/mol. The molecule has 1 aromatic heterocycles. The standard InChI is InChI=1S/C15H19N/c1-2-3-4-5-7-13-8-6-9-14-10-11-16-12-15(13)14/h6,8-12H,2-5,7H2,1H3. The van der Waals surface area contributed by atoms with Crippen LogP contribution in [-0.2, 0) is 6.42 Å². The lowest BCUT2D eigenvalue weighted by molar-refractivity contribution is 0.668. The van der Waals surface area contributed by atoms with E-state index in [4.69, 9.17) is 0 Å². The minimum Gasteiger partial charge on any atom is -0.264 e. The van der Waals surface area contributed by atoms with Gasteiger partial charge in [0, 0.05) is 17.8 Å². The summed E-state index contributed by atoms with van der Waals surface area (Å²) in [6, 6.07) is 8.63. The van der Waals surface area contributed by atoms with Crippen LogP contribution in [0.5, 0.6) is 0 Å². The molecule has 1 heteroatoms. The summed E-state index contributed by atoms with van der Waals surface area (Å²) in [4.78, 5) is 4.22. The number of nitrogens with zero attached hydrogens (tertiary/aromatic N) is 1. The molecule has 0 spiro atoms. The average Bonchev–Trinajstić information content (AvgIpc) is 2.35. The molecule has 1 aromatic carbocycles. The molecule has 0 saturated heterocycles. The summed E-state index contributed by atoms with van der Waals surface area (Å²) in [5, 5.41) is 2.63. The molecule has 2 aromatic rings. The molecule has 0 bridgehead atoms. The molecule has 0 saturated carbocycles. The lowest BCUT2D eigenvalue weighted by Gasteiger charge is -2.05. The van der Waals surface area contributed by atoms with E-state index in [-0.39, 0.29) is 0 Å². The Morgan fingerprint density at radius 3 is 2.88 bits per heavy atom. The van der Waals surface area contributed by atoms with Crippen molar-refractivity contribution in [1.29, 1.82) is 0 Å². The minimum absolute atomic E-state index is 1.18. The van der Waals surface area contributed by atoms with Crippen LogP contribution in [0.4, 0.5) is 0 Å². The smallest absolute Gasteiger partial charge is 0.0349 e. The third-order valence-corrected chi connectivity index (χ3v) is 3.07. The fourth-order valence-electron chi connectivity index (χ4n) is 2.14. The quantitative estimate of drug-likeness (QED) is 0.672. The summed E-state index contributed by atoms with van der Waals surface area (Å²) in [5.41, 5.74) is 1.45. The van der Waals surface area contributed by atoms with Gasteiger partial charge in [0.2, 0.25) is 0 Å². The van der Waals surface area contributed by atoms with Crippen molar-refractivity contribution < 1.29 is 0 Å². The van der Waals surface area contributed by atoms with E-state index in [1.54, 1.807) is 0 Å². The summed E-state index contributed by atoms with van der Waals surface area (Å²) in [6.45, 7) is 2.25. The molecule has 0 aliphatic heterocycles. The molecule has 1 nitrogen and oxygen atoms in total. The third kappa shape index (κ3) is 2.60. The first-order valence-electron chi connectivity index (χ1n) is 6.23. The molecule has 0 aliphatic rings. The zero-order valence-electron chi connectivity index (χ0n) is 9.95. The Hall–Kier alpha value is -1.37. The van der Waals surface area contributed by atoms with Crippen LogP contribution in [0.2, 0.25) is 0 Å². The Morgan fingerprint density at radius 1 is 1.06 bits per heavy atom. The molecule has 0 atom stereocenters. The van der Waals surface area contributed by atoms with Gasteiger partial charge in [0.1, 0.15) is 0 Å². The topological polar surface area (TPSA) is 12.9 Å². The molecular formula is C15H19N. The van der Waals surface area contributed by atoms with Crippen molar-refractivity contribution in [2.45, 2.75) is 39.0 Å². The van der Waals surface area contributed by atoms with Crippen LogP contribution in [0.1, 0.15) is 38.2 Å². The first kappa shape index (κ1) is 11.1. The monoisotopic (exact) mass is 213 g/mol. The van der Waals surface area contributed by atoms with Gasteiger partial charge in [-0.3, -0.25) is 4.98 Å². The van der Waals surface area contributed by atoms with Crippen LogP contribution in [0.25, 0.3) is 10.8 Å². The number of aromatic nitrogens is 1. The number of benzene rings is 1. The molecule has 0 aliphatic carbocycles.